The normalized spacial score (nSPS) is 51.5. The van der Waals surface area contributed by atoms with Crippen molar-refractivity contribution in [2.24, 2.45) is 47.3 Å². The van der Waals surface area contributed by atoms with E-state index in [0.717, 1.165) is 47.3 Å². The summed E-state index contributed by atoms with van der Waals surface area (Å²) in [6.07, 6.45) is 15.9. The highest BCUT2D eigenvalue weighted by Crippen LogP contribution is 2.59. The van der Waals surface area contributed by atoms with E-state index in [0.29, 0.717) is 0 Å². The summed E-state index contributed by atoms with van der Waals surface area (Å²) in [5, 5.41) is 0. The van der Waals surface area contributed by atoms with Gasteiger partial charge in [0.25, 0.3) is 0 Å². The lowest BCUT2D eigenvalue weighted by Gasteiger charge is -2.51. The summed E-state index contributed by atoms with van der Waals surface area (Å²) in [4.78, 5) is 0. The Hall–Kier alpha value is 0. The van der Waals surface area contributed by atoms with Crippen LogP contribution in [0.4, 0.5) is 0 Å². The second kappa shape index (κ2) is 5.33. The van der Waals surface area contributed by atoms with Crippen LogP contribution in [0.2, 0.25) is 0 Å². The molecule has 0 saturated heterocycles. The highest BCUT2D eigenvalue weighted by atomic mass is 14.6. The van der Waals surface area contributed by atoms with Crippen LogP contribution in [-0.2, 0) is 0 Å². The summed E-state index contributed by atoms with van der Waals surface area (Å²) in [5.41, 5.74) is 0. The smallest absolute Gasteiger partial charge is 0.0352 e. The van der Waals surface area contributed by atoms with Crippen molar-refractivity contribution in [2.45, 2.75) is 78.1 Å². The lowest BCUT2D eigenvalue weighted by Crippen LogP contribution is -2.43. The lowest BCUT2D eigenvalue weighted by molar-refractivity contribution is -0.0187. The fourth-order valence-electron chi connectivity index (χ4n) is 7.07. The zero-order chi connectivity index (χ0) is 13.7. The van der Waals surface area contributed by atoms with Gasteiger partial charge in [0.1, 0.15) is 0 Å². The van der Waals surface area contributed by atoms with Crippen molar-refractivity contribution >= 4 is 0 Å². The zero-order valence-corrected chi connectivity index (χ0v) is 13.7. The van der Waals surface area contributed by atoms with Crippen LogP contribution >= 0.6 is 0 Å². The summed E-state index contributed by atoms with van der Waals surface area (Å²) in [7, 11) is 0. The minimum Gasteiger partial charge on any atom is -0.0625 e. The van der Waals surface area contributed by atoms with Crippen molar-refractivity contribution in [2.75, 3.05) is 0 Å². The van der Waals surface area contributed by atoms with Gasteiger partial charge in [-0.1, -0.05) is 33.1 Å². The van der Waals surface area contributed by atoms with Crippen molar-refractivity contribution in [1.29, 1.82) is 0 Å². The first-order chi connectivity index (χ1) is 9.74. The predicted molar refractivity (Wildman–Crippen MR) is 85.4 cm³/mol. The van der Waals surface area contributed by atoms with E-state index in [4.69, 9.17) is 0 Å². The largest absolute Gasteiger partial charge is 0.0625 e. The molecule has 0 nitrogen and oxygen atoms in total. The molecule has 0 bridgehead atoms. The Bertz CT molecular complexity index is 344. The van der Waals surface area contributed by atoms with Gasteiger partial charge >= 0.3 is 0 Å². The molecule has 4 fully saturated rings. The van der Waals surface area contributed by atoms with Crippen molar-refractivity contribution in [3.05, 3.63) is 0 Å². The van der Waals surface area contributed by atoms with Crippen LogP contribution in [0.15, 0.2) is 0 Å². The van der Waals surface area contributed by atoms with Gasteiger partial charge in [0.2, 0.25) is 0 Å². The molecule has 0 aliphatic heterocycles. The second-order valence-corrected chi connectivity index (χ2v) is 9.09. The Kier molecular flexibility index (Phi) is 3.63. The number of hydrogen-bond donors (Lipinski definition) is 0. The van der Waals surface area contributed by atoms with Crippen LogP contribution in [0.5, 0.6) is 0 Å². The first-order valence-corrected chi connectivity index (χ1v) is 9.74. The molecule has 0 aromatic rings. The molecule has 4 aliphatic carbocycles. The minimum absolute atomic E-state index is 0.935. The van der Waals surface area contributed by atoms with Gasteiger partial charge < -0.3 is 0 Å². The van der Waals surface area contributed by atoms with Crippen LogP contribution in [0.1, 0.15) is 78.1 Å². The van der Waals surface area contributed by atoms with Crippen LogP contribution in [-0.4, -0.2) is 0 Å². The molecule has 114 valence electrons. The van der Waals surface area contributed by atoms with Gasteiger partial charge in [0, 0.05) is 0 Å². The molecular weight excluding hydrogens is 240 g/mol. The predicted octanol–water partition coefficient (Wildman–Crippen LogP) is 5.91. The van der Waals surface area contributed by atoms with E-state index in [-0.39, 0.29) is 0 Å². The maximum Gasteiger partial charge on any atom is -0.0352 e. The SMILES string of the molecule is CC(C)C1C[C@H]2CC[C@H]3[C@@H](CCC4CCCC[C@@H]43)[C@@H]2C1. The van der Waals surface area contributed by atoms with Gasteiger partial charge in [0.15, 0.2) is 0 Å². The molecule has 0 amide bonds. The van der Waals surface area contributed by atoms with Gasteiger partial charge in [-0.3, -0.25) is 0 Å². The molecule has 0 radical (unpaired) electrons. The van der Waals surface area contributed by atoms with E-state index in [1.807, 2.05) is 0 Å². The molecule has 0 heteroatoms. The standard InChI is InChI=1S/C20H34/c1-13(2)16-11-15-8-10-18-17-6-4-3-5-14(17)7-9-19(18)20(15)12-16/h13-20H,3-12H2,1-2H3/t14?,15-,16?,17+,18-,19-,20-/m1/s1. The third-order valence-corrected chi connectivity index (χ3v) is 8.09. The van der Waals surface area contributed by atoms with Gasteiger partial charge in [0.05, 0.1) is 0 Å². The van der Waals surface area contributed by atoms with E-state index >= 15 is 0 Å². The molecule has 4 rings (SSSR count). The van der Waals surface area contributed by atoms with Gasteiger partial charge in [-0.05, 0) is 92.3 Å². The third-order valence-electron chi connectivity index (χ3n) is 8.09. The molecule has 2 unspecified atom stereocenters. The zero-order valence-electron chi connectivity index (χ0n) is 13.7. The molecule has 4 aliphatic rings. The Morgan fingerprint density at radius 1 is 0.600 bits per heavy atom. The molecule has 0 aromatic carbocycles. The summed E-state index contributed by atoms with van der Waals surface area (Å²) >= 11 is 0. The monoisotopic (exact) mass is 274 g/mol. The summed E-state index contributed by atoms with van der Waals surface area (Å²) in [6.45, 7) is 4.94. The van der Waals surface area contributed by atoms with Crippen molar-refractivity contribution in [3.63, 3.8) is 0 Å². The summed E-state index contributed by atoms with van der Waals surface area (Å²) in [6, 6.07) is 0. The maximum absolute atomic E-state index is 2.47. The number of fused-ring (bicyclic) bond motifs is 5. The quantitative estimate of drug-likeness (QED) is 0.557. The molecule has 20 heavy (non-hydrogen) atoms. The first kappa shape index (κ1) is 13.6. The molecule has 4 saturated carbocycles. The van der Waals surface area contributed by atoms with E-state index in [1.54, 1.807) is 64.2 Å². The molecule has 0 spiro atoms. The number of rotatable bonds is 1. The fourth-order valence-corrected chi connectivity index (χ4v) is 7.07. The molecule has 0 N–H and O–H groups in total. The average Bonchev–Trinajstić information content (AvgIpc) is 2.91. The van der Waals surface area contributed by atoms with E-state index in [9.17, 15) is 0 Å². The number of hydrogen-bond acceptors (Lipinski definition) is 0. The van der Waals surface area contributed by atoms with Crippen LogP contribution < -0.4 is 0 Å². The first-order valence-electron chi connectivity index (χ1n) is 9.74. The minimum atomic E-state index is 0.935. The van der Waals surface area contributed by atoms with E-state index in [1.165, 1.54) is 0 Å². The molecule has 0 heterocycles. The van der Waals surface area contributed by atoms with E-state index < -0.39 is 0 Å². The summed E-state index contributed by atoms with van der Waals surface area (Å²) in [5.74, 6) is 8.87. The topological polar surface area (TPSA) is 0 Å². The Morgan fingerprint density at radius 2 is 1.30 bits per heavy atom. The van der Waals surface area contributed by atoms with Crippen LogP contribution in [0, 0.1) is 47.3 Å². The molecule has 7 atom stereocenters. The van der Waals surface area contributed by atoms with Crippen LogP contribution in [0.3, 0.4) is 0 Å². The molecular formula is C20H34. The van der Waals surface area contributed by atoms with Crippen molar-refractivity contribution < 1.29 is 0 Å². The average molecular weight is 274 g/mol. The highest BCUT2D eigenvalue weighted by molar-refractivity contribution is 5.00. The fraction of sp³-hybridized carbons (Fsp3) is 1.00. The maximum atomic E-state index is 2.47. The second-order valence-electron chi connectivity index (χ2n) is 9.09. The van der Waals surface area contributed by atoms with Gasteiger partial charge in [-0.15, -0.1) is 0 Å². The Balaban J connectivity index is 1.51. The molecule has 0 aromatic heterocycles. The Morgan fingerprint density at radius 3 is 2.10 bits per heavy atom. The van der Waals surface area contributed by atoms with Crippen molar-refractivity contribution in [1.82, 2.24) is 0 Å². The van der Waals surface area contributed by atoms with Crippen LogP contribution in [0.25, 0.3) is 0 Å². The van der Waals surface area contributed by atoms with Gasteiger partial charge in [-0.25, -0.2) is 0 Å². The third kappa shape index (κ3) is 2.17. The Labute approximate surface area is 126 Å². The van der Waals surface area contributed by atoms with Gasteiger partial charge in [-0.2, -0.15) is 0 Å². The van der Waals surface area contributed by atoms with Crippen molar-refractivity contribution in [3.8, 4) is 0 Å². The van der Waals surface area contributed by atoms with E-state index in [2.05, 4.69) is 13.8 Å². The lowest BCUT2D eigenvalue weighted by atomic mass is 9.54. The summed E-state index contributed by atoms with van der Waals surface area (Å²) < 4.78 is 0. The highest BCUT2D eigenvalue weighted by Gasteiger charge is 2.50.